The maximum Gasteiger partial charge on any atom is 0.0620 e. The molecule has 7 aromatic rings. The zero-order valence-electron chi connectivity index (χ0n) is 36.3. The van der Waals surface area contributed by atoms with Crippen LogP contribution in [0.5, 0.6) is 0 Å². The molecule has 2 aliphatic carbocycles. The number of aryl methyl sites for hydroxylation is 3. The molecular formula is C57H62N2. The van der Waals surface area contributed by atoms with Gasteiger partial charge < -0.3 is 9.80 Å². The van der Waals surface area contributed by atoms with Crippen LogP contribution in [0.4, 0.5) is 34.1 Å². The molecule has 0 unspecified atom stereocenters. The van der Waals surface area contributed by atoms with Crippen molar-refractivity contribution in [2.45, 2.75) is 123 Å². The Kier molecular flexibility index (Phi) is 10.9. The number of fused-ring (bicyclic) bond motifs is 2. The van der Waals surface area contributed by atoms with E-state index in [4.69, 9.17) is 0 Å². The van der Waals surface area contributed by atoms with Gasteiger partial charge in [0.15, 0.2) is 0 Å². The lowest BCUT2D eigenvalue weighted by molar-refractivity contribution is 0.443. The summed E-state index contributed by atoms with van der Waals surface area (Å²) in [6, 6.07) is 51.9. The van der Waals surface area contributed by atoms with E-state index in [1.807, 2.05) is 0 Å². The smallest absolute Gasteiger partial charge is 0.0620 e. The summed E-state index contributed by atoms with van der Waals surface area (Å²) in [4.78, 5) is 5.17. The van der Waals surface area contributed by atoms with Crippen LogP contribution in [0.2, 0.25) is 0 Å². The van der Waals surface area contributed by atoms with E-state index >= 15 is 0 Å². The highest BCUT2D eigenvalue weighted by Crippen LogP contribution is 2.52. The van der Waals surface area contributed by atoms with Gasteiger partial charge in [0.2, 0.25) is 0 Å². The molecule has 2 aliphatic rings. The molecule has 2 saturated carbocycles. The van der Waals surface area contributed by atoms with Gasteiger partial charge in [-0.1, -0.05) is 144 Å². The van der Waals surface area contributed by atoms with Gasteiger partial charge in [0.25, 0.3) is 0 Å². The Labute approximate surface area is 353 Å². The first-order valence-corrected chi connectivity index (χ1v) is 22.6. The molecule has 7 aromatic carbocycles. The fourth-order valence-corrected chi connectivity index (χ4v) is 10.2. The van der Waals surface area contributed by atoms with Gasteiger partial charge in [0.05, 0.1) is 11.4 Å². The Morgan fingerprint density at radius 2 is 0.898 bits per heavy atom. The van der Waals surface area contributed by atoms with Crippen molar-refractivity contribution in [2.24, 2.45) is 0 Å². The van der Waals surface area contributed by atoms with Gasteiger partial charge in [-0.3, -0.25) is 0 Å². The predicted molar refractivity (Wildman–Crippen MR) is 255 cm³/mol. The van der Waals surface area contributed by atoms with Crippen molar-refractivity contribution in [1.82, 2.24) is 0 Å². The van der Waals surface area contributed by atoms with Crippen molar-refractivity contribution in [3.63, 3.8) is 0 Å². The molecule has 9 rings (SSSR count). The van der Waals surface area contributed by atoms with Crippen LogP contribution in [0.25, 0.3) is 21.5 Å². The van der Waals surface area contributed by atoms with Crippen molar-refractivity contribution in [1.29, 1.82) is 0 Å². The van der Waals surface area contributed by atoms with Crippen LogP contribution in [0.3, 0.4) is 0 Å². The lowest BCUT2D eigenvalue weighted by atomic mass is 9.83. The predicted octanol–water partition coefficient (Wildman–Crippen LogP) is 17.3. The first-order valence-electron chi connectivity index (χ1n) is 22.6. The lowest BCUT2D eigenvalue weighted by Crippen LogP contribution is -2.16. The second-order valence-electron chi connectivity index (χ2n) is 18.9. The van der Waals surface area contributed by atoms with Crippen LogP contribution in [0.15, 0.2) is 133 Å². The minimum Gasteiger partial charge on any atom is -0.309 e. The van der Waals surface area contributed by atoms with Gasteiger partial charge in [-0.2, -0.15) is 0 Å². The first kappa shape index (κ1) is 39.1. The monoisotopic (exact) mass is 774 g/mol. The lowest BCUT2D eigenvalue weighted by Gasteiger charge is -2.34. The number of rotatable bonds is 8. The molecule has 0 aromatic heterocycles. The second-order valence-corrected chi connectivity index (χ2v) is 18.9. The van der Waals surface area contributed by atoms with Gasteiger partial charge >= 0.3 is 0 Å². The van der Waals surface area contributed by atoms with Crippen LogP contribution < -0.4 is 9.80 Å². The fraction of sp³-hybridized carbons (Fsp3) is 0.333. The van der Waals surface area contributed by atoms with Crippen LogP contribution in [-0.2, 0) is 5.41 Å². The van der Waals surface area contributed by atoms with Crippen LogP contribution in [0, 0.1) is 20.8 Å². The standard InChI is InChI=1S/C57H62N2/c1-39-27-31-47(32-28-39)58(48-23-15-21-44(36-48)42-17-9-7-10-18-42)56-52-26-14-13-25-51(52)55(53-34-30-46(38-54(53)56)57(4,5)6)59(50-33-29-40(2)41(3)35-50)49-24-16-22-45(37-49)43-19-11-8-12-20-43/h13-16,21-38,42-43H,7-12,17-20H2,1-6H3. The van der Waals surface area contributed by atoms with E-state index in [1.54, 1.807) is 0 Å². The SMILES string of the molecule is Cc1ccc(N(c2cccc(C3CCCCC3)c2)c2c3ccccc3c(N(c3cccc(C4CCCCC4)c3)c3ccc(C)c(C)c3)c3ccc(C(C)(C)C)cc23)cc1. The Morgan fingerprint density at radius 3 is 1.44 bits per heavy atom. The van der Waals surface area contributed by atoms with Crippen molar-refractivity contribution in [3.8, 4) is 0 Å². The Bertz CT molecular complexity index is 2590. The molecule has 0 heterocycles. The molecule has 0 atom stereocenters. The molecular weight excluding hydrogens is 713 g/mol. The molecule has 0 bridgehead atoms. The normalized spacial score (nSPS) is 15.5. The average molecular weight is 775 g/mol. The van der Waals surface area contributed by atoms with E-state index in [2.05, 4.69) is 185 Å². The summed E-state index contributed by atoms with van der Waals surface area (Å²) in [5, 5.41) is 5.03. The summed E-state index contributed by atoms with van der Waals surface area (Å²) in [7, 11) is 0. The highest BCUT2D eigenvalue weighted by molar-refractivity contribution is 6.23. The maximum atomic E-state index is 2.59. The minimum absolute atomic E-state index is 0.0328. The molecule has 2 fully saturated rings. The topological polar surface area (TPSA) is 6.48 Å². The number of anilines is 6. The van der Waals surface area contributed by atoms with Crippen molar-refractivity contribution >= 4 is 55.7 Å². The molecule has 59 heavy (non-hydrogen) atoms. The summed E-state index contributed by atoms with van der Waals surface area (Å²) < 4.78 is 0. The molecule has 0 saturated heterocycles. The Hall–Kier alpha value is -5.34. The number of hydrogen-bond donors (Lipinski definition) is 0. The molecule has 2 heteroatoms. The van der Waals surface area contributed by atoms with E-state index in [9.17, 15) is 0 Å². The van der Waals surface area contributed by atoms with E-state index < -0.39 is 0 Å². The van der Waals surface area contributed by atoms with Crippen molar-refractivity contribution in [3.05, 3.63) is 167 Å². The van der Waals surface area contributed by atoms with E-state index in [-0.39, 0.29) is 5.41 Å². The van der Waals surface area contributed by atoms with Gasteiger partial charge in [0, 0.05) is 44.3 Å². The number of nitrogens with zero attached hydrogens (tertiary/aromatic N) is 2. The fourth-order valence-electron chi connectivity index (χ4n) is 10.2. The maximum absolute atomic E-state index is 2.59. The van der Waals surface area contributed by atoms with Crippen molar-refractivity contribution < 1.29 is 0 Å². The van der Waals surface area contributed by atoms with Crippen LogP contribution in [-0.4, -0.2) is 0 Å². The summed E-state index contributed by atoms with van der Waals surface area (Å²) in [6.07, 6.45) is 13.1. The third kappa shape index (κ3) is 7.80. The third-order valence-electron chi connectivity index (χ3n) is 13.7. The van der Waals surface area contributed by atoms with Crippen LogP contribution >= 0.6 is 0 Å². The quantitative estimate of drug-likeness (QED) is 0.112. The largest absolute Gasteiger partial charge is 0.309 e. The summed E-state index contributed by atoms with van der Waals surface area (Å²) in [6.45, 7) is 13.7. The molecule has 0 amide bonds. The van der Waals surface area contributed by atoms with Crippen LogP contribution in [0.1, 0.15) is 130 Å². The summed E-state index contributed by atoms with van der Waals surface area (Å²) in [5.41, 5.74) is 15.4. The molecule has 0 radical (unpaired) electrons. The Balaban J connectivity index is 1.37. The minimum atomic E-state index is -0.0328. The van der Waals surface area contributed by atoms with Gasteiger partial charge in [-0.05, 0) is 146 Å². The van der Waals surface area contributed by atoms with E-state index in [0.717, 1.165) is 0 Å². The summed E-state index contributed by atoms with van der Waals surface area (Å²) >= 11 is 0. The molecule has 300 valence electrons. The third-order valence-corrected chi connectivity index (χ3v) is 13.7. The number of hydrogen-bond acceptors (Lipinski definition) is 2. The van der Waals surface area contributed by atoms with Gasteiger partial charge in [-0.15, -0.1) is 0 Å². The van der Waals surface area contributed by atoms with Crippen molar-refractivity contribution in [2.75, 3.05) is 9.80 Å². The highest BCUT2D eigenvalue weighted by atomic mass is 15.2. The Morgan fingerprint density at radius 1 is 0.407 bits per heavy atom. The number of benzene rings is 7. The second kappa shape index (κ2) is 16.4. The molecule has 0 N–H and O–H groups in total. The first-order chi connectivity index (χ1) is 28.6. The molecule has 0 spiro atoms. The van der Waals surface area contributed by atoms with Gasteiger partial charge in [0.1, 0.15) is 0 Å². The van der Waals surface area contributed by atoms with E-state index in [1.165, 1.54) is 153 Å². The average Bonchev–Trinajstić information content (AvgIpc) is 3.26. The zero-order chi connectivity index (χ0) is 40.7. The van der Waals surface area contributed by atoms with E-state index in [0.29, 0.717) is 11.8 Å². The molecule has 2 nitrogen and oxygen atoms in total. The summed E-state index contributed by atoms with van der Waals surface area (Å²) in [5.74, 6) is 1.23. The highest BCUT2D eigenvalue weighted by Gasteiger charge is 2.28. The zero-order valence-corrected chi connectivity index (χ0v) is 36.3. The molecule has 0 aliphatic heterocycles. The van der Waals surface area contributed by atoms with Gasteiger partial charge in [-0.25, -0.2) is 0 Å².